The minimum atomic E-state index is -1.14. The maximum atomic E-state index is 12.7. The summed E-state index contributed by atoms with van der Waals surface area (Å²) in [7, 11) is 0. The number of rotatable bonds is 6. The van der Waals surface area contributed by atoms with Crippen LogP contribution in [0.25, 0.3) is 0 Å². The van der Waals surface area contributed by atoms with Gasteiger partial charge in [-0.3, -0.25) is 10.1 Å². The summed E-state index contributed by atoms with van der Waals surface area (Å²) in [4.78, 5) is 40.2. The van der Waals surface area contributed by atoms with Crippen molar-refractivity contribution < 1.29 is 19.5 Å². The predicted octanol–water partition coefficient (Wildman–Crippen LogP) is 4.58. The van der Waals surface area contributed by atoms with Crippen molar-refractivity contribution >= 4 is 51.7 Å². The number of hydrogen-bond donors (Lipinski definition) is 3. The Hall–Kier alpha value is -2.39. The van der Waals surface area contributed by atoms with Crippen molar-refractivity contribution in [1.82, 2.24) is 4.98 Å². The number of carboxylic acids is 1. The number of thioether (sulfide) groups is 1. The lowest BCUT2D eigenvalue weighted by atomic mass is 9.95. The van der Waals surface area contributed by atoms with Gasteiger partial charge >= 0.3 is 12.0 Å². The number of nitrogens with zero attached hydrogens (tertiary/aromatic N) is 1. The number of hydrogen-bond acceptors (Lipinski definition) is 6. The Morgan fingerprint density at radius 1 is 1.19 bits per heavy atom. The van der Waals surface area contributed by atoms with Gasteiger partial charge in [0.25, 0.3) is 0 Å². The van der Waals surface area contributed by atoms with E-state index in [0.717, 1.165) is 37.0 Å². The van der Waals surface area contributed by atoms with Crippen molar-refractivity contribution in [3.8, 4) is 0 Å². The maximum Gasteiger partial charge on any atom is 0.356 e. The fourth-order valence-electron chi connectivity index (χ4n) is 3.10. The molecule has 1 aromatic carbocycles. The number of urea groups is 1. The Balaban J connectivity index is 1.73. The smallest absolute Gasteiger partial charge is 0.356 e. The number of aromatic carboxylic acids is 1. The monoisotopic (exact) mass is 405 g/mol. The maximum absolute atomic E-state index is 12.7. The van der Waals surface area contributed by atoms with E-state index >= 15 is 0 Å². The largest absolute Gasteiger partial charge is 0.476 e. The summed E-state index contributed by atoms with van der Waals surface area (Å²) in [5.74, 6) is -1.08. The lowest BCUT2D eigenvalue weighted by molar-refractivity contribution is 0.0687. The topological polar surface area (TPSA) is 108 Å². The lowest BCUT2D eigenvalue weighted by Crippen LogP contribution is -2.22. The average molecular weight is 406 g/mol. The molecule has 3 N–H and O–H groups in total. The molecule has 2 aromatic rings. The van der Waals surface area contributed by atoms with Crippen LogP contribution in [-0.4, -0.2) is 34.1 Å². The molecule has 1 aliphatic rings. The third-order valence-corrected chi connectivity index (χ3v) is 6.45. The van der Waals surface area contributed by atoms with Crippen LogP contribution in [0, 0.1) is 5.92 Å². The van der Waals surface area contributed by atoms with E-state index in [4.69, 9.17) is 5.11 Å². The summed E-state index contributed by atoms with van der Waals surface area (Å²) in [6.45, 7) is 0. The molecule has 0 atom stereocenters. The van der Waals surface area contributed by atoms with Gasteiger partial charge in [-0.1, -0.05) is 36.3 Å². The Morgan fingerprint density at radius 2 is 1.89 bits per heavy atom. The number of para-hydroxylation sites is 1. The predicted molar refractivity (Wildman–Crippen MR) is 106 cm³/mol. The van der Waals surface area contributed by atoms with Crippen molar-refractivity contribution in [2.24, 2.45) is 5.92 Å². The zero-order valence-electron chi connectivity index (χ0n) is 14.7. The summed E-state index contributed by atoms with van der Waals surface area (Å²) in [5, 5.41) is 14.6. The highest BCUT2D eigenvalue weighted by molar-refractivity contribution is 8.00. The van der Waals surface area contributed by atoms with E-state index in [9.17, 15) is 14.4 Å². The number of aromatic nitrogens is 1. The lowest BCUT2D eigenvalue weighted by Gasteiger charge is -2.13. The van der Waals surface area contributed by atoms with Crippen LogP contribution in [0.4, 0.5) is 15.6 Å². The molecule has 1 fully saturated rings. The number of amides is 2. The summed E-state index contributed by atoms with van der Waals surface area (Å²) in [5.41, 5.74) is 0.848. The summed E-state index contributed by atoms with van der Waals surface area (Å²) in [6, 6.07) is 6.35. The number of Topliss-reactive ketones (excluding diaryl/α,β-unsaturated/α-hetero) is 1. The van der Waals surface area contributed by atoms with Crippen LogP contribution in [-0.2, 0) is 0 Å². The number of anilines is 2. The average Bonchev–Trinajstić information content (AvgIpc) is 3.31. The van der Waals surface area contributed by atoms with E-state index < -0.39 is 12.0 Å². The first-order chi connectivity index (χ1) is 13.0. The molecule has 1 aliphatic carbocycles. The van der Waals surface area contributed by atoms with Crippen molar-refractivity contribution in [1.29, 1.82) is 0 Å². The highest BCUT2D eigenvalue weighted by atomic mass is 32.2. The molecule has 0 bridgehead atoms. The molecule has 142 valence electrons. The third-order valence-electron chi connectivity index (χ3n) is 4.37. The zero-order chi connectivity index (χ0) is 19.4. The number of ketones is 1. The molecule has 1 aromatic heterocycles. The summed E-state index contributed by atoms with van der Waals surface area (Å²) >= 11 is 2.34. The van der Waals surface area contributed by atoms with E-state index in [1.165, 1.54) is 11.8 Å². The molecular formula is C18H19N3O4S2. The second-order valence-electron chi connectivity index (χ2n) is 6.13. The quantitative estimate of drug-likeness (QED) is 0.479. The first-order valence-corrected chi connectivity index (χ1v) is 10.5. The molecule has 2 amide bonds. The number of carbonyl (C=O) groups excluding carboxylic acids is 2. The molecular weight excluding hydrogens is 386 g/mol. The molecule has 0 unspecified atom stereocenters. The molecule has 3 rings (SSSR count). The van der Waals surface area contributed by atoms with Gasteiger partial charge in [0, 0.05) is 11.5 Å². The first-order valence-electron chi connectivity index (χ1n) is 8.49. The first kappa shape index (κ1) is 19.4. The normalized spacial score (nSPS) is 14.1. The molecule has 1 heterocycles. The number of thiazole rings is 1. The molecule has 0 aliphatic heterocycles. The molecule has 7 nitrogen and oxygen atoms in total. The van der Waals surface area contributed by atoms with Gasteiger partial charge in [-0.15, -0.1) is 11.8 Å². The Labute approximate surface area is 164 Å². The van der Waals surface area contributed by atoms with Gasteiger partial charge < -0.3 is 10.4 Å². The van der Waals surface area contributed by atoms with Crippen molar-refractivity contribution in [2.45, 2.75) is 29.9 Å². The van der Waals surface area contributed by atoms with Crippen LogP contribution >= 0.6 is 23.1 Å². The molecule has 27 heavy (non-hydrogen) atoms. The van der Waals surface area contributed by atoms with Gasteiger partial charge in [-0.25, -0.2) is 14.6 Å². The number of nitrogens with one attached hydrogen (secondary N) is 2. The van der Waals surface area contributed by atoms with Crippen molar-refractivity contribution in [3.05, 3.63) is 35.5 Å². The van der Waals surface area contributed by atoms with Gasteiger partial charge in [0.1, 0.15) is 0 Å². The second-order valence-corrected chi connectivity index (χ2v) is 8.21. The Morgan fingerprint density at radius 3 is 2.52 bits per heavy atom. The summed E-state index contributed by atoms with van der Waals surface area (Å²) in [6.07, 6.45) is 5.62. The van der Waals surface area contributed by atoms with Gasteiger partial charge in [-0.2, -0.15) is 0 Å². The molecule has 0 spiro atoms. The standard InChI is InChI=1S/C18H19N3O4S2/c1-26-16-13(15(23)24)20-18(27-16)21-17(25)19-12-9-5-4-8-11(12)14(22)10-6-2-3-7-10/h4-5,8-10H,2-3,6-7H2,1H3,(H,23,24)(H2,19,20,21,25). The van der Waals surface area contributed by atoms with E-state index in [1.807, 2.05) is 0 Å². The van der Waals surface area contributed by atoms with Crippen LogP contribution in [0.5, 0.6) is 0 Å². The SMILES string of the molecule is CSc1sc(NC(=O)Nc2ccccc2C(=O)C2CCCC2)nc1C(=O)O. The van der Waals surface area contributed by atoms with E-state index in [1.54, 1.807) is 30.5 Å². The van der Waals surface area contributed by atoms with Crippen molar-refractivity contribution in [3.63, 3.8) is 0 Å². The van der Waals surface area contributed by atoms with Crippen LogP contribution < -0.4 is 10.6 Å². The number of carbonyl (C=O) groups is 3. The molecule has 0 radical (unpaired) electrons. The van der Waals surface area contributed by atoms with Crippen molar-refractivity contribution in [2.75, 3.05) is 16.9 Å². The van der Waals surface area contributed by atoms with E-state index in [2.05, 4.69) is 15.6 Å². The number of benzene rings is 1. The highest BCUT2D eigenvalue weighted by Gasteiger charge is 2.26. The highest BCUT2D eigenvalue weighted by Crippen LogP contribution is 2.32. The third kappa shape index (κ3) is 4.48. The van der Waals surface area contributed by atoms with Gasteiger partial charge in [0.15, 0.2) is 16.6 Å². The van der Waals surface area contributed by atoms with Crippen LogP contribution in [0.2, 0.25) is 0 Å². The van der Waals surface area contributed by atoms with E-state index in [0.29, 0.717) is 15.5 Å². The van der Waals surface area contributed by atoms with Gasteiger partial charge in [-0.05, 0) is 31.2 Å². The minimum absolute atomic E-state index is 0.0113. The Kier molecular flexibility index (Phi) is 6.12. The molecule has 1 saturated carbocycles. The molecule has 0 saturated heterocycles. The summed E-state index contributed by atoms with van der Waals surface area (Å²) < 4.78 is 0.509. The molecule has 9 heteroatoms. The van der Waals surface area contributed by atoms with E-state index in [-0.39, 0.29) is 22.5 Å². The van der Waals surface area contributed by atoms with Crippen LogP contribution in [0.1, 0.15) is 46.5 Å². The zero-order valence-corrected chi connectivity index (χ0v) is 16.3. The minimum Gasteiger partial charge on any atom is -0.476 e. The van der Waals surface area contributed by atoms with Crippen LogP contribution in [0.3, 0.4) is 0 Å². The number of carboxylic acid groups (broad SMARTS) is 1. The fraction of sp³-hybridized carbons (Fsp3) is 0.333. The van der Waals surface area contributed by atoms with Gasteiger partial charge in [0.05, 0.1) is 9.90 Å². The Bertz CT molecular complexity index is 875. The fourth-order valence-corrected chi connectivity index (χ4v) is 4.68. The second kappa shape index (κ2) is 8.53. The van der Waals surface area contributed by atoms with Gasteiger partial charge in [0.2, 0.25) is 0 Å². The van der Waals surface area contributed by atoms with Crippen LogP contribution in [0.15, 0.2) is 28.5 Å².